The molecule has 0 radical (unpaired) electrons. The van der Waals surface area contributed by atoms with Crippen molar-refractivity contribution in [1.82, 2.24) is 29.2 Å². The Morgan fingerprint density at radius 3 is 2.92 bits per heavy atom. The maximum absolute atomic E-state index is 6.03. The third-order valence-electron chi connectivity index (χ3n) is 4.89. The van der Waals surface area contributed by atoms with Gasteiger partial charge in [0.05, 0.1) is 31.4 Å². The van der Waals surface area contributed by atoms with Crippen LogP contribution in [0.2, 0.25) is 0 Å². The zero-order valence-corrected chi connectivity index (χ0v) is 15.2. The first-order chi connectivity index (χ1) is 12.7. The van der Waals surface area contributed by atoms with Gasteiger partial charge in [-0.2, -0.15) is 5.10 Å². The molecule has 0 spiro atoms. The van der Waals surface area contributed by atoms with Gasteiger partial charge in [-0.1, -0.05) is 6.07 Å². The van der Waals surface area contributed by atoms with Crippen LogP contribution in [0.25, 0.3) is 0 Å². The zero-order valence-electron chi connectivity index (χ0n) is 15.2. The fraction of sp³-hybridized carbons (Fsp3) is 0.421. The highest BCUT2D eigenvalue weighted by Crippen LogP contribution is 2.24. The molecule has 3 aromatic heterocycles. The molecule has 136 valence electrons. The molecule has 0 bridgehead atoms. The summed E-state index contributed by atoms with van der Waals surface area (Å²) in [7, 11) is 4.02. The van der Waals surface area contributed by atoms with Crippen molar-refractivity contribution in [3.63, 3.8) is 0 Å². The predicted molar refractivity (Wildman–Crippen MR) is 97.0 cm³/mol. The van der Waals surface area contributed by atoms with Crippen LogP contribution in [0.15, 0.2) is 43.2 Å². The van der Waals surface area contributed by atoms with Crippen molar-refractivity contribution in [3.8, 4) is 0 Å². The monoisotopic (exact) mass is 352 g/mol. The minimum atomic E-state index is 0.315. The van der Waals surface area contributed by atoms with Crippen LogP contribution >= 0.6 is 0 Å². The van der Waals surface area contributed by atoms with Crippen LogP contribution in [0.1, 0.15) is 22.5 Å². The van der Waals surface area contributed by atoms with Crippen LogP contribution in [-0.4, -0.2) is 41.9 Å². The number of aryl methyl sites for hydroxylation is 2. The number of imidazole rings is 1. The number of hydrogen-bond donors (Lipinski definition) is 0. The Balaban J connectivity index is 1.46. The largest absolute Gasteiger partial charge is 0.375 e. The molecule has 1 aliphatic heterocycles. The summed E-state index contributed by atoms with van der Waals surface area (Å²) in [5.74, 6) is 0. The van der Waals surface area contributed by atoms with Gasteiger partial charge in [-0.15, -0.1) is 0 Å². The topological polar surface area (TPSA) is 61.0 Å². The molecule has 0 aliphatic carbocycles. The lowest BCUT2D eigenvalue weighted by molar-refractivity contribution is 0.0360. The van der Waals surface area contributed by atoms with Crippen molar-refractivity contribution in [2.45, 2.75) is 32.2 Å². The van der Waals surface area contributed by atoms with Crippen molar-refractivity contribution < 1.29 is 4.74 Å². The van der Waals surface area contributed by atoms with Crippen LogP contribution in [0, 0.1) is 0 Å². The van der Waals surface area contributed by atoms with Gasteiger partial charge in [0.25, 0.3) is 0 Å². The van der Waals surface area contributed by atoms with Crippen molar-refractivity contribution in [3.05, 3.63) is 65.8 Å². The van der Waals surface area contributed by atoms with E-state index >= 15 is 0 Å². The van der Waals surface area contributed by atoms with E-state index in [1.807, 2.05) is 42.6 Å². The Bertz CT molecular complexity index is 856. The smallest absolute Gasteiger partial charge is 0.0949 e. The fourth-order valence-electron chi connectivity index (χ4n) is 3.51. The SMILES string of the molecule is Cn1cc(CN2Cc3ncn(C)c3C[C@H]2COCc2cccnc2)cn1. The van der Waals surface area contributed by atoms with Gasteiger partial charge >= 0.3 is 0 Å². The molecule has 0 N–H and O–H groups in total. The van der Waals surface area contributed by atoms with E-state index in [1.165, 1.54) is 17.0 Å². The number of hydrogen-bond acceptors (Lipinski definition) is 5. The second kappa shape index (κ2) is 7.39. The molecule has 0 unspecified atom stereocenters. The van der Waals surface area contributed by atoms with Crippen molar-refractivity contribution in [2.75, 3.05) is 6.61 Å². The summed E-state index contributed by atoms with van der Waals surface area (Å²) in [5.41, 5.74) is 4.79. The summed E-state index contributed by atoms with van der Waals surface area (Å²) in [6.07, 6.45) is 10.5. The Morgan fingerprint density at radius 1 is 1.23 bits per heavy atom. The maximum atomic E-state index is 6.03. The van der Waals surface area contributed by atoms with E-state index in [4.69, 9.17) is 4.74 Å². The van der Waals surface area contributed by atoms with Crippen LogP contribution in [0.5, 0.6) is 0 Å². The van der Waals surface area contributed by atoms with E-state index < -0.39 is 0 Å². The molecule has 0 saturated carbocycles. The van der Waals surface area contributed by atoms with Gasteiger partial charge in [-0.25, -0.2) is 4.98 Å². The first-order valence-electron chi connectivity index (χ1n) is 8.86. The van der Waals surface area contributed by atoms with Gasteiger partial charge in [-0.05, 0) is 11.6 Å². The third kappa shape index (κ3) is 3.68. The molecule has 7 heteroatoms. The maximum Gasteiger partial charge on any atom is 0.0949 e. The highest BCUT2D eigenvalue weighted by atomic mass is 16.5. The first kappa shape index (κ1) is 16.9. The quantitative estimate of drug-likeness (QED) is 0.676. The van der Waals surface area contributed by atoms with Gasteiger partial charge in [0.15, 0.2) is 0 Å². The average molecular weight is 352 g/mol. The fourth-order valence-corrected chi connectivity index (χ4v) is 3.51. The van der Waals surface area contributed by atoms with E-state index in [2.05, 4.69) is 37.8 Å². The van der Waals surface area contributed by atoms with E-state index in [0.29, 0.717) is 19.3 Å². The van der Waals surface area contributed by atoms with Gasteiger partial charge in [0, 0.05) is 69.5 Å². The zero-order chi connectivity index (χ0) is 17.9. The van der Waals surface area contributed by atoms with Gasteiger partial charge in [0.1, 0.15) is 0 Å². The van der Waals surface area contributed by atoms with E-state index in [9.17, 15) is 0 Å². The molecular weight excluding hydrogens is 328 g/mol. The Kier molecular flexibility index (Phi) is 4.81. The number of nitrogens with zero attached hydrogens (tertiary/aromatic N) is 6. The first-order valence-corrected chi connectivity index (χ1v) is 8.86. The standard InChI is InChI=1S/C19H24N6O/c1-23-14-21-18-11-25(10-16-8-22-24(2)9-16)17(6-19(18)23)13-26-12-15-4-3-5-20-7-15/h3-5,7-9,14,17H,6,10-13H2,1-2H3/t17-/m0/s1. The summed E-state index contributed by atoms with van der Waals surface area (Å²) in [5, 5.41) is 4.29. The number of aromatic nitrogens is 5. The normalized spacial score (nSPS) is 17.4. The molecule has 4 rings (SSSR count). The molecule has 0 fully saturated rings. The molecular formula is C19H24N6O. The van der Waals surface area contributed by atoms with E-state index in [1.54, 1.807) is 6.20 Å². The molecule has 0 saturated heterocycles. The lowest BCUT2D eigenvalue weighted by Gasteiger charge is -2.35. The van der Waals surface area contributed by atoms with Crippen molar-refractivity contribution in [2.24, 2.45) is 14.1 Å². The molecule has 4 heterocycles. The van der Waals surface area contributed by atoms with Crippen molar-refractivity contribution in [1.29, 1.82) is 0 Å². The summed E-state index contributed by atoms with van der Waals surface area (Å²) in [6.45, 7) is 2.96. The second-order valence-electron chi connectivity index (χ2n) is 6.91. The number of rotatable bonds is 6. The summed E-state index contributed by atoms with van der Waals surface area (Å²) in [4.78, 5) is 11.2. The Hall–Kier alpha value is -2.51. The van der Waals surface area contributed by atoms with Crippen LogP contribution in [0.3, 0.4) is 0 Å². The van der Waals surface area contributed by atoms with Crippen molar-refractivity contribution >= 4 is 0 Å². The van der Waals surface area contributed by atoms with Crippen LogP contribution in [0.4, 0.5) is 0 Å². The average Bonchev–Trinajstić information content (AvgIpc) is 3.22. The summed E-state index contributed by atoms with van der Waals surface area (Å²) < 4.78 is 10.0. The molecule has 3 aromatic rings. The Morgan fingerprint density at radius 2 is 2.15 bits per heavy atom. The number of fused-ring (bicyclic) bond motifs is 1. The lowest BCUT2D eigenvalue weighted by Crippen LogP contribution is -2.43. The summed E-state index contributed by atoms with van der Waals surface area (Å²) in [6, 6.07) is 4.30. The van der Waals surface area contributed by atoms with Gasteiger partial charge in [0.2, 0.25) is 0 Å². The van der Waals surface area contributed by atoms with E-state index in [-0.39, 0.29) is 0 Å². The van der Waals surface area contributed by atoms with E-state index in [0.717, 1.165) is 25.1 Å². The minimum Gasteiger partial charge on any atom is -0.375 e. The van der Waals surface area contributed by atoms with Crippen LogP contribution in [-0.2, 0) is 44.9 Å². The number of ether oxygens (including phenoxy) is 1. The second-order valence-corrected chi connectivity index (χ2v) is 6.91. The molecule has 26 heavy (non-hydrogen) atoms. The summed E-state index contributed by atoms with van der Waals surface area (Å²) >= 11 is 0. The molecule has 1 aliphatic rings. The van der Waals surface area contributed by atoms with Crippen LogP contribution < -0.4 is 0 Å². The predicted octanol–water partition coefficient (Wildman–Crippen LogP) is 1.69. The van der Waals surface area contributed by atoms with Gasteiger partial charge < -0.3 is 9.30 Å². The Labute approximate surface area is 153 Å². The highest BCUT2D eigenvalue weighted by molar-refractivity contribution is 5.19. The molecule has 1 atom stereocenters. The lowest BCUT2D eigenvalue weighted by atomic mass is 10.0. The minimum absolute atomic E-state index is 0.315. The molecule has 0 amide bonds. The molecule has 7 nitrogen and oxygen atoms in total. The third-order valence-corrected chi connectivity index (χ3v) is 4.89. The highest BCUT2D eigenvalue weighted by Gasteiger charge is 2.29. The number of pyridine rings is 1. The molecule has 0 aromatic carbocycles. The van der Waals surface area contributed by atoms with Gasteiger partial charge in [-0.3, -0.25) is 14.6 Å².